The van der Waals surface area contributed by atoms with Crippen molar-refractivity contribution in [2.45, 2.75) is 122 Å². The molecule has 3 rings (SSSR count). The lowest BCUT2D eigenvalue weighted by Gasteiger charge is -2.63. The van der Waals surface area contributed by atoms with Crippen molar-refractivity contribution in [1.82, 2.24) is 0 Å². The monoisotopic (exact) mass is 424 g/mol. The number of fused-ring (bicyclic) bond motifs is 1. The average molecular weight is 425 g/mol. The first-order valence-corrected chi connectivity index (χ1v) is 11.9. The molecule has 1 saturated heterocycles. The third-order valence-corrected chi connectivity index (χ3v) is 9.54. The second-order valence-electron chi connectivity index (χ2n) is 11.9. The van der Waals surface area contributed by atoms with E-state index in [0.717, 1.165) is 25.7 Å². The molecule has 0 spiro atoms. The van der Waals surface area contributed by atoms with E-state index in [9.17, 15) is 15.0 Å². The van der Waals surface area contributed by atoms with Crippen molar-refractivity contribution >= 4 is 5.97 Å². The maximum Gasteiger partial charge on any atom is 0.340 e. The summed E-state index contributed by atoms with van der Waals surface area (Å²) in [6.45, 7) is 12.8. The lowest BCUT2D eigenvalue weighted by molar-refractivity contribution is -0.219. The minimum Gasteiger partial charge on any atom is -0.467 e. The fourth-order valence-electron chi connectivity index (χ4n) is 7.37. The summed E-state index contributed by atoms with van der Waals surface area (Å²) in [5.41, 5.74) is -2.64. The van der Waals surface area contributed by atoms with Gasteiger partial charge in [0.1, 0.15) is 0 Å². The van der Waals surface area contributed by atoms with Crippen molar-refractivity contribution in [3.8, 4) is 0 Å². The minimum absolute atomic E-state index is 0.0850. The number of esters is 1. The van der Waals surface area contributed by atoms with E-state index in [0.29, 0.717) is 18.8 Å². The molecule has 174 valence electrons. The van der Waals surface area contributed by atoms with Crippen LogP contribution >= 0.6 is 0 Å². The molecule has 30 heavy (non-hydrogen) atoms. The number of aliphatic hydroxyl groups is 2. The molecule has 1 heterocycles. The zero-order valence-electron chi connectivity index (χ0n) is 20.2. The largest absolute Gasteiger partial charge is 0.467 e. The lowest BCUT2D eigenvalue weighted by Crippen LogP contribution is -2.62. The number of carbonyl (C=O) groups is 1. The van der Waals surface area contributed by atoms with Gasteiger partial charge in [-0.1, -0.05) is 34.1 Å². The Morgan fingerprint density at radius 2 is 1.77 bits per heavy atom. The lowest BCUT2D eigenvalue weighted by atomic mass is 9.44. The summed E-state index contributed by atoms with van der Waals surface area (Å²) in [6.07, 6.45) is 7.98. The van der Waals surface area contributed by atoms with Gasteiger partial charge in [-0.15, -0.1) is 0 Å². The van der Waals surface area contributed by atoms with Gasteiger partial charge in [-0.3, -0.25) is 0 Å². The van der Waals surface area contributed by atoms with E-state index in [-0.39, 0.29) is 16.7 Å². The highest BCUT2D eigenvalue weighted by Gasteiger charge is 2.61. The first-order chi connectivity index (χ1) is 13.7. The normalized spacial score (nSPS) is 45.4. The van der Waals surface area contributed by atoms with Crippen LogP contribution in [0.15, 0.2) is 0 Å². The van der Waals surface area contributed by atoms with Gasteiger partial charge in [-0.2, -0.15) is 0 Å². The number of rotatable bonds is 5. The molecule has 3 unspecified atom stereocenters. The van der Waals surface area contributed by atoms with Crippen LogP contribution in [0.1, 0.15) is 99.3 Å². The fourth-order valence-corrected chi connectivity index (χ4v) is 7.37. The smallest absolute Gasteiger partial charge is 0.340 e. The van der Waals surface area contributed by atoms with Crippen molar-refractivity contribution in [1.29, 1.82) is 0 Å². The van der Waals surface area contributed by atoms with Crippen LogP contribution in [0.3, 0.4) is 0 Å². The molecule has 0 aromatic heterocycles. The van der Waals surface area contributed by atoms with Gasteiger partial charge >= 0.3 is 5.97 Å². The molecule has 0 amide bonds. The third-order valence-electron chi connectivity index (χ3n) is 9.54. The van der Waals surface area contributed by atoms with Crippen molar-refractivity contribution in [3.63, 3.8) is 0 Å². The van der Waals surface area contributed by atoms with Gasteiger partial charge in [-0.25, -0.2) is 4.79 Å². The highest BCUT2D eigenvalue weighted by Crippen LogP contribution is 2.64. The van der Waals surface area contributed by atoms with Gasteiger partial charge < -0.3 is 19.7 Å². The minimum atomic E-state index is -1.65. The van der Waals surface area contributed by atoms with Crippen LogP contribution in [0.25, 0.3) is 0 Å². The predicted octanol–water partition coefficient (Wildman–Crippen LogP) is 4.62. The van der Waals surface area contributed by atoms with Crippen molar-refractivity contribution in [2.24, 2.45) is 22.7 Å². The fraction of sp³-hybridized carbons (Fsp3) is 0.960. The molecule has 3 fully saturated rings. The molecule has 7 atom stereocenters. The Hall–Kier alpha value is -0.650. The second kappa shape index (κ2) is 7.74. The molecule has 5 nitrogen and oxygen atoms in total. The molecule has 0 radical (unpaired) electrons. The van der Waals surface area contributed by atoms with Crippen molar-refractivity contribution < 1.29 is 24.5 Å². The molecular weight excluding hydrogens is 380 g/mol. The second-order valence-corrected chi connectivity index (χ2v) is 11.9. The zero-order valence-corrected chi connectivity index (χ0v) is 20.2. The zero-order chi connectivity index (χ0) is 22.6. The molecule has 2 N–H and O–H groups in total. The van der Waals surface area contributed by atoms with E-state index in [1.54, 1.807) is 0 Å². The Balaban J connectivity index is 1.76. The summed E-state index contributed by atoms with van der Waals surface area (Å²) in [6, 6.07) is 0. The van der Waals surface area contributed by atoms with E-state index >= 15 is 0 Å². The predicted molar refractivity (Wildman–Crippen MR) is 117 cm³/mol. The quantitative estimate of drug-likeness (QED) is 0.630. The average Bonchev–Trinajstić information content (AvgIpc) is 3.06. The third kappa shape index (κ3) is 3.73. The highest BCUT2D eigenvalue weighted by atomic mass is 16.6. The van der Waals surface area contributed by atoms with Gasteiger partial charge in [0.2, 0.25) is 0 Å². The molecule has 5 heteroatoms. The number of methoxy groups -OCH3 is 1. The van der Waals surface area contributed by atoms with Crippen LogP contribution in [0.5, 0.6) is 0 Å². The molecule has 3 aliphatic rings. The highest BCUT2D eigenvalue weighted by molar-refractivity contribution is 5.79. The molecule has 0 aromatic carbocycles. The summed E-state index contributed by atoms with van der Waals surface area (Å²) in [7, 11) is 1.29. The SMILES string of the molecule is COC(=O)C(C)(O)C1CCC(C)(CC[C@@]2(O)[C@H](C)CC[C@H]3C(C)(C)CCC[C@@]32C)O1. The summed E-state index contributed by atoms with van der Waals surface area (Å²) in [4.78, 5) is 12.0. The van der Waals surface area contributed by atoms with Crippen molar-refractivity contribution in [2.75, 3.05) is 7.11 Å². The maximum atomic E-state index is 12.2. The summed E-state index contributed by atoms with van der Waals surface area (Å²) in [5, 5.41) is 22.8. The summed E-state index contributed by atoms with van der Waals surface area (Å²) < 4.78 is 11.0. The van der Waals surface area contributed by atoms with E-state index in [2.05, 4.69) is 34.6 Å². The maximum absolute atomic E-state index is 12.2. The van der Waals surface area contributed by atoms with Gasteiger partial charge in [0.25, 0.3) is 0 Å². The Bertz CT molecular complexity index is 658. The van der Waals surface area contributed by atoms with E-state index in [1.807, 2.05) is 0 Å². The Labute approximate surface area is 182 Å². The van der Waals surface area contributed by atoms with Crippen molar-refractivity contribution in [3.05, 3.63) is 0 Å². The van der Waals surface area contributed by atoms with E-state index in [1.165, 1.54) is 33.3 Å². The molecule has 2 aliphatic carbocycles. The van der Waals surface area contributed by atoms with Gasteiger partial charge in [0.15, 0.2) is 5.60 Å². The van der Waals surface area contributed by atoms with Crippen LogP contribution in [0.4, 0.5) is 0 Å². The van der Waals surface area contributed by atoms with Crippen LogP contribution < -0.4 is 0 Å². The first-order valence-electron chi connectivity index (χ1n) is 11.9. The van der Waals surface area contributed by atoms with Gasteiger partial charge in [0, 0.05) is 0 Å². The molecule has 0 aromatic rings. The van der Waals surface area contributed by atoms with Gasteiger partial charge in [0.05, 0.1) is 24.4 Å². The Kier molecular flexibility index (Phi) is 6.19. The van der Waals surface area contributed by atoms with E-state index < -0.39 is 28.9 Å². The van der Waals surface area contributed by atoms with Crippen LogP contribution in [0.2, 0.25) is 0 Å². The number of hydrogen-bond donors (Lipinski definition) is 2. The molecular formula is C25H44O5. The van der Waals surface area contributed by atoms with Crippen LogP contribution in [-0.4, -0.2) is 46.2 Å². The molecule has 1 aliphatic heterocycles. The van der Waals surface area contributed by atoms with E-state index in [4.69, 9.17) is 9.47 Å². The van der Waals surface area contributed by atoms with Gasteiger partial charge in [-0.05, 0) is 87.9 Å². The number of hydrogen-bond acceptors (Lipinski definition) is 5. The standard InChI is InChI=1S/C25H44O5/c1-17-9-10-18-21(2,3)12-8-13-23(18,5)25(17,28)16-15-22(4)14-11-19(30-22)24(6,27)20(26)29-7/h17-19,27-28H,8-16H2,1-7H3/t17-,18+,19?,22?,23+,24?,25-/m1/s1. The Morgan fingerprint density at radius 3 is 2.40 bits per heavy atom. The van der Waals surface area contributed by atoms with Crippen LogP contribution in [0, 0.1) is 22.7 Å². The molecule has 0 bridgehead atoms. The summed E-state index contributed by atoms with van der Waals surface area (Å²) >= 11 is 0. The first kappa shape index (κ1) is 24.0. The number of carbonyl (C=O) groups excluding carboxylic acids is 1. The Morgan fingerprint density at radius 1 is 1.10 bits per heavy atom. The molecule has 2 saturated carbocycles. The summed E-state index contributed by atoms with van der Waals surface area (Å²) in [5.74, 6) is 0.132. The topological polar surface area (TPSA) is 76.0 Å². The van der Waals surface area contributed by atoms with Crippen LogP contribution in [-0.2, 0) is 14.3 Å². The number of ether oxygens (including phenoxy) is 2.